The molecule has 1 aromatic rings. The number of benzene rings is 1. The van der Waals surface area contributed by atoms with E-state index in [4.69, 9.17) is 5.11 Å². The number of nitro groups is 1. The second-order valence-corrected chi connectivity index (χ2v) is 4.91. The molecule has 0 saturated carbocycles. The van der Waals surface area contributed by atoms with Gasteiger partial charge in [-0.05, 0) is 6.07 Å². The van der Waals surface area contributed by atoms with Crippen LogP contribution < -0.4 is 5.32 Å². The largest absolute Gasteiger partial charge is 0.508 e. The fraction of sp³-hybridized carbons (Fsp3) is 0.300. The number of nitrogens with one attached hydrogen (secondary N) is 1. The molecule has 3 N–H and O–H groups in total. The highest BCUT2D eigenvalue weighted by atomic mass is 32.2. The Morgan fingerprint density at radius 3 is 2.83 bits per heavy atom. The van der Waals surface area contributed by atoms with Gasteiger partial charge < -0.3 is 10.2 Å². The zero-order chi connectivity index (χ0) is 13.3. The zero-order valence-electron chi connectivity index (χ0n) is 9.07. The minimum atomic E-state index is -0.977. The van der Waals surface area contributed by atoms with Gasteiger partial charge in [0.15, 0.2) is 0 Å². The third-order valence-corrected chi connectivity index (χ3v) is 3.83. The molecule has 0 radical (unpaired) electrons. The van der Waals surface area contributed by atoms with E-state index in [0.717, 1.165) is 0 Å². The van der Waals surface area contributed by atoms with Crippen molar-refractivity contribution in [2.45, 2.75) is 11.4 Å². The molecule has 1 aliphatic heterocycles. The van der Waals surface area contributed by atoms with E-state index < -0.39 is 22.3 Å². The molecule has 7 nitrogen and oxygen atoms in total. The lowest BCUT2D eigenvalue weighted by atomic mass is 10.1. The Morgan fingerprint density at radius 2 is 2.28 bits per heavy atom. The first-order chi connectivity index (χ1) is 8.49. The summed E-state index contributed by atoms with van der Waals surface area (Å²) in [5.74, 6) is -0.714. The third kappa shape index (κ3) is 2.39. The number of carboxylic acid groups (broad SMARTS) is 1. The number of aliphatic carboxylic acids is 1. The number of phenols is 1. The molecule has 0 spiro atoms. The van der Waals surface area contributed by atoms with Crippen molar-refractivity contribution >= 4 is 23.4 Å². The van der Waals surface area contributed by atoms with Gasteiger partial charge in [0.05, 0.1) is 10.3 Å². The number of non-ortho nitro benzene ring substituents is 1. The van der Waals surface area contributed by atoms with Crippen molar-refractivity contribution in [2.75, 3.05) is 5.75 Å². The van der Waals surface area contributed by atoms with Gasteiger partial charge >= 0.3 is 5.97 Å². The van der Waals surface area contributed by atoms with Crippen molar-refractivity contribution in [1.82, 2.24) is 5.32 Å². The van der Waals surface area contributed by atoms with Gasteiger partial charge in [0, 0.05) is 23.4 Å². The standard InChI is InChI=1S/C10H10N2O5S/c13-8-2-1-5(12(16)17)3-6(8)9-11-7(4-18-9)10(14)15/h1-3,7,9,11,13H,4H2,(H,14,15). The fourth-order valence-corrected chi connectivity index (χ4v) is 2.91. The summed E-state index contributed by atoms with van der Waals surface area (Å²) in [4.78, 5) is 20.9. The Balaban J connectivity index is 2.26. The molecule has 0 bridgehead atoms. The molecule has 0 aliphatic carbocycles. The summed E-state index contributed by atoms with van der Waals surface area (Å²) < 4.78 is 0. The number of hydrogen-bond donors (Lipinski definition) is 3. The van der Waals surface area contributed by atoms with Crippen LogP contribution >= 0.6 is 11.8 Å². The minimum Gasteiger partial charge on any atom is -0.508 e. The zero-order valence-corrected chi connectivity index (χ0v) is 9.88. The second-order valence-electron chi connectivity index (χ2n) is 3.77. The van der Waals surface area contributed by atoms with Crippen LogP contribution in [0.4, 0.5) is 5.69 Å². The van der Waals surface area contributed by atoms with Crippen LogP contribution in [0.5, 0.6) is 5.75 Å². The molecule has 2 unspecified atom stereocenters. The molecular formula is C10H10N2O5S. The molecule has 8 heteroatoms. The molecular weight excluding hydrogens is 260 g/mol. The van der Waals surface area contributed by atoms with E-state index >= 15 is 0 Å². The van der Waals surface area contributed by atoms with E-state index in [-0.39, 0.29) is 11.4 Å². The van der Waals surface area contributed by atoms with E-state index in [1.54, 1.807) is 0 Å². The lowest BCUT2D eigenvalue weighted by Crippen LogP contribution is -2.33. The fourth-order valence-electron chi connectivity index (χ4n) is 1.66. The van der Waals surface area contributed by atoms with Gasteiger partial charge in [-0.3, -0.25) is 20.2 Å². The summed E-state index contributed by atoms with van der Waals surface area (Å²) in [5, 5.41) is 31.5. The average molecular weight is 270 g/mol. The third-order valence-electron chi connectivity index (χ3n) is 2.58. The molecule has 0 amide bonds. The number of nitrogens with zero attached hydrogens (tertiary/aromatic N) is 1. The van der Waals surface area contributed by atoms with E-state index in [0.29, 0.717) is 11.3 Å². The molecule has 2 rings (SSSR count). The quantitative estimate of drug-likeness (QED) is 0.556. The number of carbonyl (C=O) groups is 1. The molecule has 1 saturated heterocycles. The molecule has 1 fully saturated rings. The van der Waals surface area contributed by atoms with Gasteiger partial charge in [0.25, 0.3) is 5.69 Å². The highest BCUT2D eigenvalue weighted by molar-refractivity contribution is 7.99. The van der Waals surface area contributed by atoms with Crippen molar-refractivity contribution in [3.63, 3.8) is 0 Å². The summed E-state index contributed by atoms with van der Waals surface area (Å²) in [6, 6.07) is 2.99. The van der Waals surface area contributed by atoms with Crippen molar-refractivity contribution < 1.29 is 19.9 Å². The molecule has 96 valence electrons. The van der Waals surface area contributed by atoms with Gasteiger partial charge in [-0.25, -0.2) is 0 Å². The molecule has 0 aromatic heterocycles. The maximum absolute atomic E-state index is 10.8. The van der Waals surface area contributed by atoms with E-state index in [1.807, 2.05) is 0 Å². The van der Waals surface area contributed by atoms with Crippen LogP contribution in [-0.4, -0.2) is 32.9 Å². The van der Waals surface area contributed by atoms with Crippen LogP contribution in [0.1, 0.15) is 10.9 Å². The average Bonchev–Trinajstić information content (AvgIpc) is 2.78. The first kappa shape index (κ1) is 12.7. The molecule has 1 aliphatic rings. The lowest BCUT2D eigenvalue weighted by Gasteiger charge is -2.12. The van der Waals surface area contributed by atoms with Crippen LogP contribution in [-0.2, 0) is 4.79 Å². The van der Waals surface area contributed by atoms with Crippen molar-refractivity contribution in [1.29, 1.82) is 0 Å². The smallest absolute Gasteiger partial charge is 0.321 e. The van der Waals surface area contributed by atoms with Gasteiger partial charge in [0.1, 0.15) is 11.8 Å². The van der Waals surface area contributed by atoms with Crippen molar-refractivity contribution in [3.05, 3.63) is 33.9 Å². The normalized spacial score (nSPS) is 22.9. The summed E-state index contributed by atoms with van der Waals surface area (Å²) in [6.07, 6.45) is 0. The van der Waals surface area contributed by atoms with E-state index in [1.165, 1.54) is 30.0 Å². The number of nitro benzene ring substituents is 1. The highest BCUT2D eigenvalue weighted by Gasteiger charge is 2.32. The van der Waals surface area contributed by atoms with Gasteiger partial charge in [0.2, 0.25) is 0 Å². The summed E-state index contributed by atoms with van der Waals surface area (Å²) in [7, 11) is 0. The summed E-state index contributed by atoms with van der Waals surface area (Å²) in [5.41, 5.74) is 0.196. The van der Waals surface area contributed by atoms with Crippen LogP contribution in [0.15, 0.2) is 18.2 Å². The predicted octanol–water partition coefficient (Wildman–Crippen LogP) is 1.09. The van der Waals surface area contributed by atoms with Crippen LogP contribution in [0.25, 0.3) is 0 Å². The maximum Gasteiger partial charge on any atom is 0.321 e. The Hall–Kier alpha value is -1.80. The Labute approximate surface area is 106 Å². The van der Waals surface area contributed by atoms with Gasteiger partial charge in [-0.2, -0.15) is 0 Å². The van der Waals surface area contributed by atoms with Gasteiger partial charge in [-0.15, -0.1) is 11.8 Å². The topological polar surface area (TPSA) is 113 Å². The Morgan fingerprint density at radius 1 is 1.56 bits per heavy atom. The van der Waals surface area contributed by atoms with E-state index in [2.05, 4.69) is 5.32 Å². The number of hydrogen-bond acceptors (Lipinski definition) is 6. The van der Waals surface area contributed by atoms with Gasteiger partial charge in [-0.1, -0.05) is 0 Å². The van der Waals surface area contributed by atoms with Crippen LogP contribution in [0.3, 0.4) is 0 Å². The van der Waals surface area contributed by atoms with E-state index in [9.17, 15) is 20.0 Å². The number of phenolic OH excluding ortho intramolecular Hbond substituents is 1. The SMILES string of the molecule is O=C(O)C1CSC(c2cc([N+](=O)[O-])ccc2O)N1. The monoisotopic (exact) mass is 270 g/mol. The maximum atomic E-state index is 10.8. The molecule has 1 heterocycles. The first-order valence-electron chi connectivity index (χ1n) is 5.07. The number of carboxylic acids is 1. The number of thioether (sulfide) groups is 1. The minimum absolute atomic E-state index is 0.0864. The molecule has 1 aromatic carbocycles. The molecule has 2 atom stereocenters. The van der Waals surface area contributed by atoms with Crippen LogP contribution in [0, 0.1) is 10.1 Å². The van der Waals surface area contributed by atoms with Crippen LogP contribution in [0.2, 0.25) is 0 Å². The van der Waals surface area contributed by atoms with Crippen molar-refractivity contribution in [3.8, 4) is 5.75 Å². The highest BCUT2D eigenvalue weighted by Crippen LogP contribution is 2.38. The second kappa shape index (κ2) is 4.83. The number of aromatic hydroxyl groups is 1. The summed E-state index contributed by atoms with van der Waals surface area (Å²) in [6.45, 7) is 0. The first-order valence-corrected chi connectivity index (χ1v) is 6.11. The Kier molecular flexibility index (Phi) is 3.39. The number of rotatable bonds is 3. The Bertz CT molecular complexity index is 507. The molecule has 18 heavy (non-hydrogen) atoms. The lowest BCUT2D eigenvalue weighted by molar-refractivity contribution is -0.384. The van der Waals surface area contributed by atoms with Crippen molar-refractivity contribution in [2.24, 2.45) is 0 Å². The predicted molar refractivity (Wildman–Crippen MR) is 64.5 cm³/mol. The summed E-state index contributed by atoms with van der Waals surface area (Å²) >= 11 is 1.29.